The van der Waals surface area contributed by atoms with Crippen molar-refractivity contribution >= 4 is 28.7 Å². The topological polar surface area (TPSA) is 54.7 Å². The van der Waals surface area contributed by atoms with Crippen molar-refractivity contribution in [3.63, 3.8) is 0 Å². The highest BCUT2D eigenvalue weighted by atomic mass is 32.1. The number of azo groups is 1. The molecule has 1 aromatic heterocycles. The predicted octanol–water partition coefficient (Wildman–Crippen LogP) is 1.42. The normalized spacial score (nSPS) is 14.7. The number of hydrogen-bond donors (Lipinski definition) is 0. The summed E-state index contributed by atoms with van der Waals surface area (Å²) >= 11 is 4.82. The van der Waals surface area contributed by atoms with E-state index in [0.717, 1.165) is 0 Å². The minimum absolute atomic E-state index is 0.139. The third-order valence-electron chi connectivity index (χ3n) is 1.44. The van der Waals surface area contributed by atoms with Gasteiger partial charge in [0.25, 0.3) is 0 Å². The van der Waals surface area contributed by atoms with Gasteiger partial charge in [-0.25, -0.2) is 0 Å². The van der Waals surface area contributed by atoms with Gasteiger partial charge >= 0.3 is 5.91 Å². The molecule has 0 atom stereocenters. The standard InChI is InChI=1S/C7H3N3OS/c11-7-6(12)5-4(9-10-7)2-1-3-8-5/h1-3H. The summed E-state index contributed by atoms with van der Waals surface area (Å²) in [6, 6.07) is 3.43. The van der Waals surface area contributed by atoms with Gasteiger partial charge in [0.1, 0.15) is 16.2 Å². The van der Waals surface area contributed by atoms with Crippen molar-refractivity contribution in [3.8, 4) is 0 Å². The molecule has 5 heteroatoms. The first-order chi connectivity index (χ1) is 5.79. The Kier molecular flexibility index (Phi) is 1.51. The van der Waals surface area contributed by atoms with Crippen LogP contribution in [0.2, 0.25) is 0 Å². The molecule has 0 N–H and O–H groups in total. The number of thiocarbonyl (C=S) groups is 1. The number of rotatable bonds is 0. The molecule has 1 amide bonds. The van der Waals surface area contributed by atoms with Gasteiger partial charge in [-0.15, -0.1) is 10.2 Å². The second kappa shape index (κ2) is 2.53. The molecular weight excluding hydrogens is 174 g/mol. The van der Waals surface area contributed by atoms with Gasteiger partial charge in [-0.1, -0.05) is 12.2 Å². The molecule has 2 heterocycles. The van der Waals surface area contributed by atoms with Crippen molar-refractivity contribution in [2.45, 2.75) is 0 Å². The predicted molar refractivity (Wildman–Crippen MR) is 45.5 cm³/mol. The smallest absolute Gasteiger partial charge is 0.264 e. The van der Waals surface area contributed by atoms with Crippen molar-refractivity contribution in [3.05, 3.63) is 24.0 Å². The zero-order valence-corrected chi connectivity index (χ0v) is 6.71. The molecule has 0 bridgehead atoms. The van der Waals surface area contributed by atoms with Crippen LogP contribution in [0.15, 0.2) is 28.6 Å². The maximum Gasteiger partial charge on any atom is 0.308 e. The Morgan fingerprint density at radius 3 is 3.00 bits per heavy atom. The summed E-state index contributed by atoms with van der Waals surface area (Å²) in [7, 11) is 0. The lowest BCUT2D eigenvalue weighted by molar-refractivity contribution is -0.112. The minimum Gasteiger partial charge on any atom is -0.264 e. The van der Waals surface area contributed by atoms with E-state index in [-0.39, 0.29) is 4.86 Å². The number of fused-ring (bicyclic) bond motifs is 1. The Morgan fingerprint density at radius 2 is 2.17 bits per heavy atom. The largest absolute Gasteiger partial charge is 0.308 e. The number of nitrogens with zero attached hydrogens (tertiary/aromatic N) is 3. The lowest BCUT2D eigenvalue weighted by Crippen LogP contribution is -2.14. The average Bonchev–Trinajstić information content (AvgIpc) is 2.12. The summed E-state index contributed by atoms with van der Waals surface area (Å²) in [4.78, 5) is 15.0. The molecular formula is C7H3N3OS. The Labute approximate surface area is 73.3 Å². The molecule has 0 saturated heterocycles. The van der Waals surface area contributed by atoms with Gasteiger partial charge in [-0.3, -0.25) is 9.78 Å². The van der Waals surface area contributed by atoms with Crippen LogP contribution < -0.4 is 0 Å². The van der Waals surface area contributed by atoms with Crippen LogP contribution in [-0.2, 0) is 4.79 Å². The Morgan fingerprint density at radius 1 is 1.33 bits per heavy atom. The van der Waals surface area contributed by atoms with Crippen molar-refractivity contribution in [1.82, 2.24) is 4.98 Å². The van der Waals surface area contributed by atoms with Gasteiger partial charge in [0, 0.05) is 6.20 Å². The number of aromatic nitrogens is 1. The van der Waals surface area contributed by atoms with Gasteiger partial charge in [0.2, 0.25) is 0 Å². The molecule has 4 nitrogen and oxygen atoms in total. The third-order valence-corrected chi connectivity index (χ3v) is 1.81. The van der Waals surface area contributed by atoms with Gasteiger partial charge in [0.05, 0.1) is 0 Å². The SMILES string of the molecule is O=C1N=Nc2cccnc2C1=S. The van der Waals surface area contributed by atoms with E-state index < -0.39 is 5.91 Å². The molecule has 0 aliphatic carbocycles. The average molecular weight is 177 g/mol. The van der Waals surface area contributed by atoms with E-state index in [4.69, 9.17) is 12.2 Å². The maximum atomic E-state index is 10.9. The van der Waals surface area contributed by atoms with E-state index in [1.54, 1.807) is 18.3 Å². The molecule has 2 rings (SSSR count). The molecule has 0 fully saturated rings. The summed E-state index contributed by atoms with van der Waals surface area (Å²) in [6.45, 7) is 0. The van der Waals surface area contributed by atoms with Gasteiger partial charge < -0.3 is 0 Å². The second-order valence-corrected chi connectivity index (χ2v) is 2.61. The molecule has 0 aromatic carbocycles. The molecule has 1 aliphatic heterocycles. The highest BCUT2D eigenvalue weighted by Crippen LogP contribution is 2.21. The molecule has 0 spiro atoms. The van der Waals surface area contributed by atoms with Crippen molar-refractivity contribution in [2.75, 3.05) is 0 Å². The fourth-order valence-electron chi connectivity index (χ4n) is 0.898. The summed E-state index contributed by atoms with van der Waals surface area (Å²) in [5.74, 6) is -0.490. The zero-order valence-electron chi connectivity index (χ0n) is 5.89. The van der Waals surface area contributed by atoms with E-state index in [0.29, 0.717) is 11.4 Å². The van der Waals surface area contributed by atoms with Crippen molar-refractivity contribution < 1.29 is 4.79 Å². The van der Waals surface area contributed by atoms with E-state index in [2.05, 4.69) is 15.2 Å². The van der Waals surface area contributed by atoms with Crippen LogP contribution in [-0.4, -0.2) is 15.8 Å². The van der Waals surface area contributed by atoms with Crippen LogP contribution in [0.1, 0.15) is 5.69 Å². The van der Waals surface area contributed by atoms with Crippen LogP contribution in [0, 0.1) is 0 Å². The summed E-state index contributed by atoms with van der Waals surface area (Å²) < 4.78 is 0. The molecule has 58 valence electrons. The molecule has 12 heavy (non-hydrogen) atoms. The van der Waals surface area contributed by atoms with Gasteiger partial charge in [0.15, 0.2) is 0 Å². The van der Waals surface area contributed by atoms with Crippen molar-refractivity contribution in [1.29, 1.82) is 0 Å². The lowest BCUT2D eigenvalue weighted by atomic mass is 10.2. The van der Waals surface area contributed by atoms with E-state index in [1.807, 2.05) is 0 Å². The number of hydrogen-bond acceptors (Lipinski definition) is 4. The number of pyridine rings is 1. The molecule has 1 aromatic rings. The summed E-state index contributed by atoms with van der Waals surface area (Å²) in [5, 5.41) is 7.01. The van der Waals surface area contributed by atoms with E-state index in [9.17, 15) is 4.79 Å². The Bertz CT molecular complexity index is 399. The van der Waals surface area contributed by atoms with Crippen molar-refractivity contribution in [2.24, 2.45) is 10.2 Å². The minimum atomic E-state index is -0.490. The van der Waals surface area contributed by atoms with E-state index >= 15 is 0 Å². The fraction of sp³-hybridized carbons (Fsp3) is 0. The van der Waals surface area contributed by atoms with Gasteiger partial charge in [-0.2, -0.15) is 0 Å². The number of carbonyl (C=O) groups excluding carboxylic acids is 1. The maximum absolute atomic E-state index is 10.9. The van der Waals surface area contributed by atoms with Crippen LogP contribution in [0.5, 0.6) is 0 Å². The van der Waals surface area contributed by atoms with Crippen LogP contribution in [0.25, 0.3) is 0 Å². The van der Waals surface area contributed by atoms with Crippen LogP contribution in [0.4, 0.5) is 5.69 Å². The number of amides is 1. The fourth-order valence-corrected chi connectivity index (χ4v) is 1.10. The Balaban J connectivity index is 2.67. The highest BCUT2D eigenvalue weighted by molar-refractivity contribution is 7.82. The molecule has 0 saturated carbocycles. The lowest BCUT2D eigenvalue weighted by Gasteiger charge is -2.05. The van der Waals surface area contributed by atoms with E-state index in [1.165, 1.54) is 0 Å². The molecule has 1 aliphatic rings. The Hall–Kier alpha value is -1.49. The first-order valence-corrected chi connectivity index (χ1v) is 3.65. The first-order valence-electron chi connectivity index (χ1n) is 3.24. The zero-order chi connectivity index (χ0) is 8.55. The monoisotopic (exact) mass is 177 g/mol. The molecule has 0 radical (unpaired) electrons. The number of carbonyl (C=O) groups is 1. The summed E-state index contributed by atoms with van der Waals surface area (Å²) in [5.41, 5.74) is 1.01. The van der Waals surface area contributed by atoms with Gasteiger partial charge in [-0.05, 0) is 12.1 Å². The summed E-state index contributed by atoms with van der Waals surface area (Å²) in [6.07, 6.45) is 1.57. The quantitative estimate of drug-likeness (QED) is 0.563. The first kappa shape index (κ1) is 7.17. The molecule has 0 unspecified atom stereocenters. The van der Waals surface area contributed by atoms with Crippen LogP contribution >= 0.6 is 12.2 Å². The second-order valence-electron chi connectivity index (χ2n) is 2.21. The van der Waals surface area contributed by atoms with Crippen LogP contribution in [0.3, 0.4) is 0 Å². The highest BCUT2D eigenvalue weighted by Gasteiger charge is 2.20. The third kappa shape index (κ3) is 0.947.